The molecule has 2 aromatic rings. The van der Waals surface area contributed by atoms with E-state index in [1.54, 1.807) is 25.3 Å². The van der Waals surface area contributed by atoms with Crippen molar-refractivity contribution < 1.29 is 14.3 Å². The molecule has 0 aliphatic heterocycles. The molecular formula is C20H20ClN3O3. The second-order valence-electron chi connectivity index (χ2n) is 5.63. The third kappa shape index (κ3) is 5.40. The fourth-order valence-corrected chi connectivity index (χ4v) is 2.51. The maximum absolute atomic E-state index is 12.4. The molecule has 0 spiro atoms. The van der Waals surface area contributed by atoms with Crippen molar-refractivity contribution in [2.45, 2.75) is 13.0 Å². The Bertz CT molecular complexity index is 873. The molecule has 0 radical (unpaired) electrons. The van der Waals surface area contributed by atoms with Crippen molar-refractivity contribution >= 4 is 23.2 Å². The van der Waals surface area contributed by atoms with Crippen molar-refractivity contribution in [3.05, 3.63) is 64.8 Å². The van der Waals surface area contributed by atoms with Crippen molar-refractivity contribution in [1.82, 2.24) is 5.32 Å². The molecule has 0 fully saturated rings. The Labute approximate surface area is 163 Å². The number of nitrogens with one attached hydrogen (secondary N) is 2. The van der Waals surface area contributed by atoms with Crippen LogP contribution in [0.15, 0.2) is 54.2 Å². The van der Waals surface area contributed by atoms with Gasteiger partial charge in [0.05, 0.1) is 25.9 Å². The number of benzene rings is 2. The lowest BCUT2D eigenvalue weighted by Gasteiger charge is -2.14. The van der Waals surface area contributed by atoms with Gasteiger partial charge in [0.1, 0.15) is 23.1 Å². The molecule has 2 rings (SSSR count). The number of anilines is 1. The minimum Gasteiger partial charge on any atom is -0.497 e. The van der Waals surface area contributed by atoms with Crippen LogP contribution in [-0.2, 0) is 4.79 Å². The van der Waals surface area contributed by atoms with E-state index in [0.29, 0.717) is 16.5 Å². The molecule has 0 aromatic heterocycles. The summed E-state index contributed by atoms with van der Waals surface area (Å²) in [5.41, 5.74) is 1.37. The number of amides is 1. The van der Waals surface area contributed by atoms with Crippen molar-refractivity contribution in [3.8, 4) is 17.6 Å². The highest BCUT2D eigenvalue weighted by Crippen LogP contribution is 2.27. The average molecular weight is 386 g/mol. The molecule has 0 bridgehead atoms. The van der Waals surface area contributed by atoms with E-state index in [2.05, 4.69) is 10.6 Å². The Morgan fingerprint density at radius 2 is 1.89 bits per heavy atom. The first kappa shape index (κ1) is 20.1. The number of methoxy groups -OCH3 is 2. The topological polar surface area (TPSA) is 83.4 Å². The molecule has 1 unspecified atom stereocenters. The smallest absolute Gasteiger partial charge is 0.263 e. The maximum atomic E-state index is 12.4. The zero-order chi connectivity index (χ0) is 19.8. The molecule has 6 nitrogen and oxygen atoms in total. The third-order valence-electron chi connectivity index (χ3n) is 3.86. The predicted octanol–water partition coefficient (Wildman–Crippen LogP) is 4.05. The Morgan fingerprint density at radius 1 is 1.19 bits per heavy atom. The Balaban J connectivity index is 2.09. The third-order valence-corrected chi connectivity index (χ3v) is 4.10. The summed E-state index contributed by atoms with van der Waals surface area (Å²) in [6.07, 6.45) is 1.32. The quantitative estimate of drug-likeness (QED) is 0.554. The lowest BCUT2D eigenvalue weighted by molar-refractivity contribution is -0.117. The molecule has 0 aliphatic carbocycles. The number of halogens is 1. The highest BCUT2D eigenvalue weighted by atomic mass is 35.5. The number of hydrogen-bond donors (Lipinski definition) is 2. The van der Waals surface area contributed by atoms with Crippen LogP contribution in [0, 0.1) is 11.3 Å². The van der Waals surface area contributed by atoms with Crippen LogP contribution < -0.4 is 20.1 Å². The Kier molecular flexibility index (Phi) is 7.09. The summed E-state index contributed by atoms with van der Waals surface area (Å²) >= 11 is 5.97. The van der Waals surface area contributed by atoms with Gasteiger partial charge in [-0.3, -0.25) is 4.79 Å². The van der Waals surface area contributed by atoms with E-state index >= 15 is 0 Å². The minimum absolute atomic E-state index is 0.0719. The monoisotopic (exact) mass is 385 g/mol. The van der Waals surface area contributed by atoms with Crippen LogP contribution in [0.25, 0.3) is 0 Å². The summed E-state index contributed by atoms with van der Waals surface area (Å²) in [5.74, 6) is 0.781. The van der Waals surface area contributed by atoms with Crippen LogP contribution in [0.3, 0.4) is 0 Å². The highest BCUT2D eigenvalue weighted by molar-refractivity contribution is 6.30. The van der Waals surface area contributed by atoms with E-state index in [9.17, 15) is 10.1 Å². The van der Waals surface area contributed by atoms with Crippen molar-refractivity contribution in [3.63, 3.8) is 0 Å². The van der Waals surface area contributed by atoms with Gasteiger partial charge >= 0.3 is 0 Å². The highest BCUT2D eigenvalue weighted by Gasteiger charge is 2.14. The molecule has 7 heteroatoms. The number of carbonyl (C=O) groups is 1. The van der Waals surface area contributed by atoms with E-state index in [1.807, 2.05) is 37.3 Å². The minimum atomic E-state index is -0.491. The molecule has 27 heavy (non-hydrogen) atoms. The molecule has 2 N–H and O–H groups in total. The van der Waals surface area contributed by atoms with E-state index in [4.69, 9.17) is 21.1 Å². The van der Waals surface area contributed by atoms with Gasteiger partial charge in [-0.25, -0.2) is 0 Å². The first-order valence-corrected chi connectivity index (χ1v) is 8.51. The zero-order valence-electron chi connectivity index (χ0n) is 15.2. The van der Waals surface area contributed by atoms with E-state index in [-0.39, 0.29) is 11.6 Å². The zero-order valence-corrected chi connectivity index (χ0v) is 16.0. The van der Waals surface area contributed by atoms with Gasteiger partial charge in [0.2, 0.25) is 0 Å². The molecule has 1 amide bonds. The van der Waals surface area contributed by atoms with Gasteiger partial charge in [0, 0.05) is 11.2 Å². The summed E-state index contributed by atoms with van der Waals surface area (Å²) < 4.78 is 10.3. The van der Waals surface area contributed by atoms with E-state index in [1.165, 1.54) is 13.3 Å². The number of hydrogen-bond acceptors (Lipinski definition) is 5. The molecule has 0 saturated carbocycles. The molecule has 140 valence electrons. The summed E-state index contributed by atoms with van der Waals surface area (Å²) in [4.78, 5) is 12.4. The molecule has 0 heterocycles. The average Bonchev–Trinajstić information content (AvgIpc) is 2.68. The van der Waals surface area contributed by atoms with Crippen LogP contribution in [-0.4, -0.2) is 20.1 Å². The lowest BCUT2D eigenvalue weighted by atomic mass is 10.1. The first-order valence-electron chi connectivity index (χ1n) is 8.13. The second kappa shape index (κ2) is 9.51. The largest absolute Gasteiger partial charge is 0.497 e. The van der Waals surface area contributed by atoms with Gasteiger partial charge in [-0.05, 0) is 42.8 Å². The number of nitriles is 1. The molecule has 0 saturated heterocycles. The Morgan fingerprint density at radius 3 is 2.48 bits per heavy atom. The Hall–Kier alpha value is -3.17. The standard InChI is InChI=1S/C20H20ClN3O3/c1-13(14-4-7-17(26-2)8-5-14)24-20(25)15(11-22)12-23-18-10-16(21)6-9-19(18)27-3/h4-10,12-13,23H,1-3H3,(H,24,25)/b15-12-. The summed E-state index contributed by atoms with van der Waals surface area (Å²) in [6.45, 7) is 1.84. The van der Waals surface area contributed by atoms with Gasteiger partial charge in [-0.15, -0.1) is 0 Å². The van der Waals surface area contributed by atoms with E-state index < -0.39 is 5.91 Å². The predicted molar refractivity (Wildman–Crippen MR) is 105 cm³/mol. The molecule has 0 aliphatic rings. The van der Waals surface area contributed by atoms with E-state index in [0.717, 1.165) is 11.3 Å². The van der Waals surface area contributed by atoms with Gasteiger partial charge in [-0.2, -0.15) is 5.26 Å². The molecular weight excluding hydrogens is 366 g/mol. The van der Waals surface area contributed by atoms with Crippen molar-refractivity contribution in [2.24, 2.45) is 0 Å². The lowest BCUT2D eigenvalue weighted by Crippen LogP contribution is -2.28. The number of carbonyl (C=O) groups excluding carboxylic acids is 1. The maximum Gasteiger partial charge on any atom is 0.263 e. The fraction of sp³-hybridized carbons (Fsp3) is 0.200. The van der Waals surface area contributed by atoms with Crippen LogP contribution in [0.4, 0.5) is 5.69 Å². The van der Waals surface area contributed by atoms with Gasteiger partial charge in [0.15, 0.2) is 0 Å². The molecule has 1 atom stereocenters. The fourth-order valence-electron chi connectivity index (χ4n) is 2.34. The van der Waals surface area contributed by atoms with Gasteiger partial charge in [-0.1, -0.05) is 23.7 Å². The van der Waals surface area contributed by atoms with Crippen LogP contribution >= 0.6 is 11.6 Å². The van der Waals surface area contributed by atoms with Gasteiger partial charge in [0.25, 0.3) is 5.91 Å². The number of nitrogens with zero attached hydrogens (tertiary/aromatic N) is 1. The van der Waals surface area contributed by atoms with Crippen molar-refractivity contribution in [2.75, 3.05) is 19.5 Å². The van der Waals surface area contributed by atoms with Crippen LogP contribution in [0.1, 0.15) is 18.5 Å². The summed E-state index contributed by atoms with van der Waals surface area (Å²) in [7, 11) is 3.11. The number of rotatable bonds is 7. The summed E-state index contributed by atoms with van der Waals surface area (Å²) in [5, 5.41) is 15.5. The normalized spacial score (nSPS) is 11.9. The second-order valence-corrected chi connectivity index (χ2v) is 6.06. The van der Waals surface area contributed by atoms with Gasteiger partial charge < -0.3 is 20.1 Å². The van der Waals surface area contributed by atoms with Crippen LogP contribution in [0.5, 0.6) is 11.5 Å². The first-order chi connectivity index (χ1) is 13.0. The SMILES string of the molecule is COc1ccc(C(C)NC(=O)/C(C#N)=C\Nc2cc(Cl)ccc2OC)cc1. The summed E-state index contributed by atoms with van der Waals surface area (Å²) in [6, 6.07) is 14.0. The molecule has 2 aromatic carbocycles. The van der Waals surface area contributed by atoms with Crippen molar-refractivity contribution in [1.29, 1.82) is 5.26 Å². The van der Waals surface area contributed by atoms with Crippen LogP contribution in [0.2, 0.25) is 5.02 Å². The number of ether oxygens (including phenoxy) is 2.